The maximum atomic E-state index is 4.63. The molecule has 0 spiro atoms. The summed E-state index contributed by atoms with van der Waals surface area (Å²) in [5.41, 5.74) is 9.49. The van der Waals surface area contributed by atoms with E-state index < -0.39 is 0 Å². The number of nitrogens with one attached hydrogen (secondary N) is 2. The number of rotatable bonds is 3. The molecule has 0 saturated carbocycles. The average molecular weight is 404 g/mol. The number of aromatic nitrogens is 6. The highest BCUT2D eigenvalue weighted by atomic mass is 15.1. The number of aryl methyl sites for hydroxylation is 2. The van der Waals surface area contributed by atoms with Crippen molar-refractivity contribution < 1.29 is 0 Å². The summed E-state index contributed by atoms with van der Waals surface area (Å²) in [5, 5.41) is 10.0. The molecule has 150 valence electrons. The molecule has 2 aromatic carbocycles. The third-order valence-corrected chi connectivity index (χ3v) is 5.80. The zero-order chi connectivity index (χ0) is 20.9. The zero-order valence-corrected chi connectivity index (χ0v) is 17.2. The first kappa shape index (κ1) is 17.7. The lowest BCUT2D eigenvalue weighted by Gasteiger charge is -2.05. The Hall–Kier alpha value is -4.19. The van der Waals surface area contributed by atoms with Crippen LogP contribution in [0.2, 0.25) is 0 Å². The van der Waals surface area contributed by atoms with E-state index in [1.807, 2.05) is 37.9 Å². The van der Waals surface area contributed by atoms with E-state index in [9.17, 15) is 0 Å². The molecule has 0 aliphatic rings. The van der Waals surface area contributed by atoms with E-state index in [0.717, 1.165) is 55.7 Å². The number of benzene rings is 2. The second kappa shape index (κ2) is 6.67. The van der Waals surface area contributed by atoms with Gasteiger partial charge in [0.1, 0.15) is 5.69 Å². The van der Waals surface area contributed by atoms with Crippen LogP contribution in [0.3, 0.4) is 0 Å². The Morgan fingerprint density at radius 2 is 1.87 bits per heavy atom. The SMILES string of the molecule is Cc1cn(-c2cccc3[nH]c(-c4n[nH]c5ccc(-c6cnccc6C)cc45)cc23)cn1. The molecular formula is C25H20N6. The second-order valence-electron chi connectivity index (χ2n) is 7.87. The normalized spacial score (nSPS) is 11.5. The minimum atomic E-state index is 0.905. The Kier molecular flexibility index (Phi) is 3.80. The van der Waals surface area contributed by atoms with Gasteiger partial charge in [-0.1, -0.05) is 12.1 Å². The van der Waals surface area contributed by atoms with Crippen molar-refractivity contribution >= 4 is 21.8 Å². The Bertz CT molecular complexity index is 1570. The molecule has 4 aromatic heterocycles. The number of hydrogen-bond acceptors (Lipinski definition) is 3. The number of aromatic amines is 2. The van der Waals surface area contributed by atoms with E-state index in [-0.39, 0.29) is 0 Å². The quantitative estimate of drug-likeness (QED) is 0.404. The van der Waals surface area contributed by atoms with Gasteiger partial charge < -0.3 is 9.55 Å². The fourth-order valence-electron chi connectivity index (χ4n) is 4.20. The van der Waals surface area contributed by atoms with E-state index in [0.29, 0.717) is 0 Å². The molecule has 6 rings (SSSR count). The minimum Gasteiger partial charge on any atom is -0.353 e. The van der Waals surface area contributed by atoms with Crippen molar-refractivity contribution in [3.63, 3.8) is 0 Å². The summed E-state index contributed by atoms with van der Waals surface area (Å²) >= 11 is 0. The maximum Gasteiger partial charge on any atom is 0.116 e. The molecule has 6 nitrogen and oxygen atoms in total. The van der Waals surface area contributed by atoms with E-state index in [1.165, 1.54) is 5.56 Å². The lowest BCUT2D eigenvalue weighted by Crippen LogP contribution is -1.89. The molecule has 0 bridgehead atoms. The predicted octanol–water partition coefficient (Wildman–Crippen LogP) is 5.58. The first-order valence-electron chi connectivity index (χ1n) is 10.2. The summed E-state index contributed by atoms with van der Waals surface area (Å²) in [6.07, 6.45) is 7.63. The molecule has 0 amide bonds. The van der Waals surface area contributed by atoms with Crippen LogP contribution in [-0.2, 0) is 0 Å². The van der Waals surface area contributed by atoms with Gasteiger partial charge in [0.2, 0.25) is 0 Å². The molecule has 0 atom stereocenters. The van der Waals surface area contributed by atoms with Crippen molar-refractivity contribution in [2.75, 3.05) is 0 Å². The number of hydrogen-bond donors (Lipinski definition) is 2. The maximum absolute atomic E-state index is 4.63. The van der Waals surface area contributed by atoms with Crippen LogP contribution in [0, 0.1) is 13.8 Å². The molecule has 4 heterocycles. The number of fused-ring (bicyclic) bond motifs is 2. The largest absolute Gasteiger partial charge is 0.353 e. The molecule has 6 heteroatoms. The van der Waals surface area contributed by atoms with Crippen molar-refractivity contribution in [2.45, 2.75) is 13.8 Å². The van der Waals surface area contributed by atoms with Crippen LogP contribution in [0.25, 0.3) is 50.0 Å². The second-order valence-corrected chi connectivity index (χ2v) is 7.87. The van der Waals surface area contributed by atoms with E-state index in [2.05, 4.69) is 79.1 Å². The fourth-order valence-corrected chi connectivity index (χ4v) is 4.20. The van der Waals surface area contributed by atoms with Crippen molar-refractivity contribution in [1.29, 1.82) is 0 Å². The summed E-state index contributed by atoms with van der Waals surface area (Å²) in [6.45, 7) is 4.10. The van der Waals surface area contributed by atoms with Gasteiger partial charge in [-0.25, -0.2) is 4.98 Å². The number of pyridine rings is 1. The molecule has 31 heavy (non-hydrogen) atoms. The van der Waals surface area contributed by atoms with Gasteiger partial charge in [0.15, 0.2) is 0 Å². The summed E-state index contributed by atoms with van der Waals surface area (Å²) in [7, 11) is 0. The Labute approximate surface area is 178 Å². The van der Waals surface area contributed by atoms with Crippen molar-refractivity contribution in [3.05, 3.63) is 84.7 Å². The molecule has 0 saturated heterocycles. The van der Waals surface area contributed by atoms with Gasteiger partial charge in [0.05, 0.1) is 28.9 Å². The van der Waals surface area contributed by atoms with Gasteiger partial charge >= 0.3 is 0 Å². The first-order valence-corrected chi connectivity index (χ1v) is 10.2. The zero-order valence-electron chi connectivity index (χ0n) is 17.2. The van der Waals surface area contributed by atoms with Gasteiger partial charge in [-0.2, -0.15) is 5.10 Å². The topological polar surface area (TPSA) is 75.2 Å². The van der Waals surface area contributed by atoms with Gasteiger partial charge in [-0.15, -0.1) is 0 Å². The molecular weight excluding hydrogens is 384 g/mol. The van der Waals surface area contributed by atoms with Crippen LogP contribution < -0.4 is 0 Å². The summed E-state index contributed by atoms with van der Waals surface area (Å²) in [4.78, 5) is 12.2. The summed E-state index contributed by atoms with van der Waals surface area (Å²) < 4.78 is 2.06. The molecule has 0 aliphatic carbocycles. The van der Waals surface area contributed by atoms with Gasteiger partial charge in [-0.05, 0) is 61.4 Å². The molecule has 6 aromatic rings. The van der Waals surface area contributed by atoms with Crippen LogP contribution in [0.1, 0.15) is 11.3 Å². The van der Waals surface area contributed by atoms with Crippen LogP contribution in [0.4, 0.5) is 0 Å². The number of nitrogens with zero attached hydrogens (tertiary/aromatic N) is 4. The average Bonchev–Trinajstić information content (AvgIpc) is 3.50. The Balaban J connectivity index is 1.52. The van der Waals surface area contributed by atoms with Crippen LogP contribution in [-0.4, -0.2) is 29.7 Å². The van der Waals surface area contributed by atoms with E-state index in [1.54, 1.807) is 0 Å². The Morgan fingerprint density at radius 3 is 2.71 bits per heavy atom. The number of H-pyrrole nitrogens is 2. The third kappa shape index (κ3) is 2.84. The standard InChI is InChI=1S/C25H20N6/c1-15-8-9-26-12-20(15)17-6-7-22-19(10-17)25(30-29-22)23-11-18-21(28-23)4-3-5-24(18)31-13-16(2)27-14-31/h3-14,28H,1-2H3,(H,29,30). The Morgan fingerprint density at radius 1 is 0.935 bits per heavy atom. The van der Waals surface area contributed by atoms with E-state index in [4.69, 9.17) is 0 Å². The van der Waals surface area contributed by atoms with Gasteiger partial charge in [0.25, 0.3) is 0 Å². The number of imidazole rings is 1. The molecule has 0 fully saturated rings. The fraction of sp³-hybridized carbons (Fsp3) is 0.0800. The van der Waals surface area contributed by atoms with E-state index >= 15 is 0 Å². The van der Waals surface area contributed by atoms with Crippen molar-refractivity contribution in [2.24, 2.45) is 0 Å². The van der Waals surface area contributed by atoms with Crippen molar-refractivity contribution in [1.82, 2.24) is 29.7 Å². The molecule has 0 radical (unpaired) electrons. The lowest BCUT2D eigenvalue weighted by atomic mass is 10.0. The van der Waals surface area contributed by atoms with Crippen LogP contribution in [0.15, 0.2) is 73.4 Å². The van der Waals surface area contributed by atoms with Gasteiger partial charge in [-0.3, -0.25) is 10.1 Å². The van der Waals surface area contributed by atoms with Crippen molar-refractivity contribution in [3.8, 4) is 28.2 Å². The smallest absolute Gasteiger partial charge is 0.116 e. The first-order chi connectivity index (χ1) is 15.2. The minimum absolute atomic E-state index is 0.905. The van der Waals surface area contributed by atoms with Crippen LogP contribution >= 0.6 is 0 Å². The molecule has 2 N–H and O–H groups in total. The van der Waals surface area contributed by atoms with Gasteiger partial charge in [0, 0.05) is 40.4 Å². The lowest BCUT2D eigenvalue weighted by molar-refractivity contribution is 1.07. The summed E-state index contributed by atoms with van der Waals surface area (Å²) in [5.74, 6) is 0. The highest BCUT2D eigenvalue weighted by Gasteiger charge is 2.14. The summed E-state index contributed by atoms with van der Waals surface area (Å²) in [6, 6.07) is 16.8. The molecule has 0 aliphatic heterocycles. The molecule has 0 unspecified atom stereocenters. The van der Waals surface area contributed by atoms with Crippen LogP contribution in [0.5, 0.6) is 0 Å². The monoisotopic (exact) mass is 404 g/mol. The predicted molar refractivity (Wildman–Crippen MR) is 123 cm³/mol. The highest BCUT2D eigenvalue weighted by Crippen LogP contribution is 2.33. The highest BCUT2D eigenvalue weighted by molar-refractivity contribution is 5.99. The third-order valence-electron chi connectivity index (χ3n) is 5.80.